The van der Waals surface area contributed by atoms with Crippen LogP contribution in [0.25, 0.3) is 0 Å². The van der Waals surface area contributed by atoms with Crippen LogP contribution < -0.4 is 4.74 Å². The maximum absolute atomic E-state index is 12.9. The number of nitrogens with zero attached hydrogens (tertiary/aromatic N) is 5. The van der Waals surface area contributed by atoms with Gasteiger partial charge in [0.25, 0.3) is 0 Å². The van der Waals surface area contributed by atoms with Crippen LogP contribution in [-0.2, 0) is 22.5 Å². The van der Waals surface area contributed by atoms with E-state index in [9.17, 15) is 4.79 Å². The lowest BCUT2D eigenvalue weighted by molar-refractivity contribution is -0.139. The van der Waals surface area contributed by atoms with Gasteiger partial charge in [-0.2, -0.15) is 5.10 Å². The summed E-state index contributed by atoms with van der Waals surface area (Å²) in [4.78, 5) is 23.8. The highest BCUT2D eigenvalue weighted by molar-refractivity contribution is 5.76. The molecule has 0 aliphatic carbocycles. The summed E-state index contributed by atoms with van der Waals surface area (Å²) in [5, 5.41) is 4.35. The molecule has 1 atom stereocenters. The molecule has 0 unspecified atom stereocenters. The first-order valence-corrected chi connectivity index (χ1v) is 11.3. The fraction of sp³-hybridized carbons (Fsp3) is 0.440. The lowest BCUT2D eigenvalue weighted by atomic mass is 10.0. The highest BCUT2D eigenvalue weighted by Gasteiger charge is 2.26. The summed E-state index contributed by atoms with van der Waals surface area (Å²) in [5.41, 5.74) is 4.14. The van der Waals surface area contributed by atoms with Gasteiger partial charge in [0.15, 0.2) is 0 Å². The molecule has 0 bridgehead atoms. The number of hydrogen-bond acceptors (Lipinski definition) is 6. The quantitative estimate of drug-likeness (QED) is 0.551. The molecule has 0 saturated carbocycles. The van der Waals surface area contributed by atoms with Gasteiger partial charge in [-0.1, -0.05) is 12.1 Å². The molecule has 2 aromatic heterocycles. The third kappa shape index (κ3) is 5.76. The SMILES string of the molecule is COc1cccc(Cc2cc(C)nc([C@H]3CN(C(=O)CCn4nc(C)nc4C)CCO3)c2)c1. The average molecular weight is 450 g/mol. The molecule has 4 rings (SSSR count). The molecule has 0 N–H and O–H groups in total. The largest absolute Gasteiger partial charge is 0.497 e. The Bertz CT molecular complexity index is 1130. The number of hydrogen-bond donors (Lipinski definition) is 0. The Morgan fingerprint density at radius 2 is 2.00 bits per heavy atom. The first-order chi connectivity index (χ1) is 15.9. The molecule has 0 spiro atoms. The van der Waals surface area contributed by atoms with E-state index in [-0.39, 0.29) is 12.0 Å². The molecule has 1 aliphatic rings. The van der Waals surface area contributed by atoms with Crippen LogP contribution in [-0.4, -0.2) is 57.4 Å². The zero-order valence-corrected chi connectivity index (χ0v) is 19.7. The third-order valence-corrected chi connectivity index (χ3v) is 5.82. The van der Waals surface area contributed by atoms with E-state index >= 15 is 0 Å². The van der Waals surface area contributed by atoms with Gasteiger partial charge in [0, 0.05) is 18.7 Å². The predicted molar refractivity (Wildman–Crippen MR) is 124 cm³/mol. The van der Waals surface area contributed by atoms with Crippen LogP contribution in [0.1, 0.15) is 46.7 Å². The summed E-state index contributed by atoms with van der Waals surface area (Å²) >= 11 is 0. The summed E-state index contributed by atoms with van der Waals surface area (Å²) in [6.45, 7) is 7.87. The maximum Gasteiger partial charge on any atom is 0.224 e. The summed E-state index contributed by atoms with van der Waals surface area (Å²) in [6.07, 6.45) is 0.931. The number of morpholine rings is 1. The molecule has 8 nitrogen and oxygen atoms in total. The third-order valence-electron chi connectivity index (χ3n) is 5.82. The molecule has 33 heavy (non-hydrogen) atoms. The normalized spacial score (nSPS) is 16.1. The first-order valence-electron chi connectivity index (χ1n) is 11.3. The van der Waals surface area contributed by atoms with E-state index in [0.717, 1.165) is 40.8 Å². The van der Waals surface area contributed by atoms with Gasteiger partial charge in [-0.15, -0.1) is 0 Å². The summed E-state index contributed by atoms with van der Waals surface area (Å²) in [5.74, 6) is 2.49. The second kappa shape index (κ2) is 10.1. The summed E-state index contributed by atoms with van der Waals surface area (Å²) < 4.78 is 13.2. The Hall–Kier alpha value is -3.26. The molecule has 3 heterocycles. The second-order valence-corrected chi connectivity index (χ2v) is 8.45. The van der Waals surface area contributed by atoms with Gasteiger partial charge in [-0.05, 0) is 62.6 Å². The van der Waals surface area contributed by atoms with Gasteiger partial charge in [0.05, 0.1) is 32.5 Å². The van der Waals surface area contributed by atoms with Crippen molar-refractivity contribution in [3.8, 4) is 5.75 Å². The van der Waals surface area contributed by atoms with E-state index in [1.54, 1.807) is 11.8 Å². The van der Waals surface area contributed by atoms with Crippen molar-refractivity contribution >= 4 is 5.91 Å². The Kier molecular flexibility index (Phi) is 7.03. The van der Waals surface area contributed by atoms with Gasteiger partial charge in [-0.25, -0.2) is 9.67 Å². The molecular formula is C25H31N5O3. The number of rotatable bonds is 7. The minimum absolute atomic E-state index is 0.0973. The minimum Gasteiger partial charge on any atom is -0.497 e. The number of carbonyl (C=O) groups is 1. The first kappa shape index (κ1) is 22.9. The van der Waals surface area contributed by atoms with Crippen molar-refractivity contribution < 1.29 is 14.3 Å². The smallest absolute Gasteiger partial charge is 0.224 e. The van der Waals surface area contributed by atoms with E-state index in [4.69, 9.17) is 14.5 Å². The predicted octanol–water partition coefficient (Wildman–Crippen LogP) is 3.19. The van der Waals surface area contributed by atoms with Crippen LogP contribution in [0.4, 0.5) is 0 Å². The van der Waals surface area contributed by atoms with Crippen LogP contribution in [0.5, 0.6) is 5.75 Å². The molecule has 174 valence electrons. The molecule has 1 fully saturated rings. The average Bonchev–Trinajstić information content (AvgIpc) is 3.14. The van der Waals surface area contributed by atoms with Crippen molar-refractivity contribution in [2.24, 2.45) is 0 Å². The molecular weight excluding hydrogens is 418 g/mol. The van der Waals surface area contributed by atoms with Crippen LogP contribution in [0, 0.1) is 20.8 Å². The fourth-order valence-electron chi connectivity index (χ4n) is 4.24. The number of ether oxygens (including phenoxy) is 2. The monoisotopic (exact) mass is 449 g/mol. The van der Waals surface area contributed by atoms with Crippen molar-refractivity contribution in [2.45, 2.75) is 46.3 Å². The molecule has 3 aromatic rings. The number of methoxy groups -OCH3 is 1. The van der Waals surface area contributed by atoms with Gasteiger partial charge >= 0.3 is 0 Å². The van der Waals surface area contributed by atoms with E-state index < -0.39 is 0 Å². The zero-order chi connectivity index (χ0) is 23.4. The summed E-state index contributed by atoms with van der Waals surface area (Å²) in [6, 6.07) is 12.3. The Morgan fingerprint density at radius 1 is 1.15 bits per heavy atom. The fourth-order valence-corrected chi connectivity index (χ4v) is 4.24. The number of aromatic nitrogens is 4. The van der Waals surface area contributed by atoms with Gasteiger partial charge in [-0.3, -0.25) is 9.78 Å². The minimum atomic E-state index is -0.234. The van der Waals surface area contributed by atoms with Crippen LogP contribution in [0.15, 0.2) is 36.4 Å². The van der Waals surface area contributed by atoms with Crippen molar-refractivity contribution in [1.82, 2.24) is 24.6 Å². The van der Waals surface area contributed by atoms with E-state index in [0.29, 0.717) is 32.7 Å². The number of carbonyl (C=O) groups excluding carboxylic acids is 1. The highest BCUT2D eigenvalue weighted by atomic mass is 16.5. The lowest BCUT2D eigenvalue weighted by Gasteiger charge is -2.33. The van der Waals surface area contributed by atoms with Gasteiger partial charge in [0.1, 0.15) is 23.5 Å². The standard InChI is InChI=1S/C25H31N5O3/c1-17-12-21(13-20-6-5-7-22(14-20)32-4)15-23(26-17)24-16-29(10-11-33-24)25(31)8-9-30-19(3)27-18(2)28-30/h5-7,12,14-15,24H,8-11,13,16H2,1-4H3/t24-/m1/s1. The van der Waals surface area contributed by atoms with E-state index in [1.807, 2.05) is 43.9 Å². The molecule has 8 heteroatoms. The van der Waals surface area contributed by atoms with Crippen molar-refractivity contribution in [3.05, 3.63) is 70.6 Å². The molecule has 1 saturated heterocycles. The van der Waals surface area contributed by atoms with Crippen molar-refractivity contribution in [1.29, 1.82) is 0 Å². The topological polar surface area (TPSA) is 82.4 Å². The molecule has 1 aliphatic heterocycles. The van der Waals surface area contributed by atoms with Crippen molar-refractivity contribution in [2.75, 3.05) is 26.8 Å². The summed E-state index contributed by atoms with van der Waals surface area (Å²) in [7, 11) is 1.68. The van der Waals surface area contributed by atoms with Gasteiger partial charge in [0.2, 0.25) is 5.91 Å². The molecule has 1 amide bonds. The van der Waals surface area contributed by atoms with E-state index in [1.165, 1.54) is 5.56 Å². The number of benzene rings is 1. The molecule has 1 aromatic carbocycles. The number of amides is 1. The van der Waals surface area contributed by atoms with E-state index in [2.05, 4.69) is 28.3 Å². The second-order valence-electron chi connectivity index (χ2n) is 8.45. The maximum atomic E-state index is 12.9. The van der Waals surface area contributed by atoms with Gasteiger partial charge < -0.3 is 14.4 Å². The number of pyridine rings is 1. The molecule has 0 radical (unpaired) electrons. The Labute approximate surface area is 194 Å². The van der Waals surface area contributed by atoms with Crippen LogP contribution in [0.2, 0.25) is 0 Å². The lowest BCUT2D eigenvalue weighted by Crippen LogP contribution is -2.42. The Morgan fingerprint density at radius 3 is 2.76 bits per heavy atom. The highest BCUT2D eigenvalue weighted by Crippen LogP contribution is 2.24. The zero-order valence-electron chi connectivity index (χ0n) is 19.7. The van der Waals surface area contributed by atoms with Crippen molar-refractivity contribution in [3.63, 3.8) is 0 Å². The Balaban J connectivity index is 1.42. The number of aryl methyl sites for hydroxylation is 4. The van der Waals surface area contributed by atoms with Crippen LogP contribution >= 0.6 is 0 Å². The van der Waals surface area contributed by atoms with Crippen LogP contribution in [0.3, 0.4) is 0 Å².